The molecule has 0 amide bonds. The summed E-state index contributed by atoms with van der Waals surface area (Å²) in [5, 5.41) is 1.91. The van der Waals surface area contributed by atoms with E-state index < -0.39 is 11.7 Å². The van der Waals surface area contributed by atoms with E-state index in [1.165, 1.54) is 23.3 Å². The fourth-order valence-electron chi connectivity index (χ4n) is 2.77. The van der Waals surface area contributed by atoms with E-state index in [1.54, 1.807) is 11.8 Å². The smallest absolute Gasteiger partial charge is 0.248 e. The minimum atomic E-state index is -4.36. The highest BCUT2D eigenvalue weighted by Gasteiger charge is 2.30. The molecule has 3 aromatic carbocycles. The fourth-order valence-corrected chi connectivity index (χ4v) is 3.51. The molecule has 0 saturated carbocycles. The van der Waals surface area contributed by atoms with E-state index in [0.717, 1.165) is 22.7 Å². The van der Waals surface area contributed by atoms with Crippen molar-refractivity contribution < 1.29 is 13.2 Å². The molecule has 3 rings (SSSR count). The molecule has 0 aliphatic rings. The Balaban J connectivity index is 1.90. The number of halogens is 3. The predicted octanol–water partition coefficient (Wildman–Crippen LogP) is 7.75. The third kappa shape index (κ3) is 5.84. The highest BCUT2D eigenvalue weighted by molar-refractivity contribution is 8.02. The Labute approximate surface area is 173 Å². The van der Waals surface area contributed by atoms with Gasteiger partial charge in [0.25, 0.3) is 0 Å². The van der Waals surface area contributed by atoms with Crippen molar-refractivity contribution in [2.24, 2.45) is 4.99 Å². The van der Waals surface area contributed by atoms with Crippen LogP contribution in [-0.4, -0.2) is 5.71 Å². The summed E-state index contributed by atoms with van der Waals surface area (Å²) in [5.74, 6) is 0. The second kappa shape index (κ2) is 9.14. The zero-order valence-corrected chi connectivity index (χ0v) is 16.9. The lowest BCUT2D eigenvalue weighted by Gasteiger charge is -2.08. The maximum atomic E-state index is 12.9. The molecule has 0 fully saturated rings. The molecule has 0 aromatic heterocycles. The van der Waals surface area contributed by atoms with Crippen molar-refractivity contribution in [3.05, 3.63) is 107 Å². The summed E-state index contributed by atoms with van der Waals surface area (Å²) in [6.07, 6.45) is -2.52. The number of rotatable bonds is 5. The van der Waals surface area contributed by atoms with Gasteiger partial charge in [-0.05, 0) is 61.2 Å². The number of benzene rings is 3. The Bertz CT molecular complexity index is 1020. The van der Waals surface area contributed by atoms with Gasteiger partial charge in [-0.2, -0.15) is 13.2 Å². The summed E-state index contributed by atoms with van der Waals surface area (Å²) in [4.78, 5) is 5.75. The van der Waals surface area contributed by atoms with Crippen molar-refractivity contribution in [2.75, 3.05) is 0 Å². The van der Waals surface area contributed by atoms with Crippen LogP contribution in [0.1, 0.15) is 22.3 Å². The van der Waals surface area contributed by atoms with Crippen LogP contribution in [0.2, 0.25) is 0 Å². The second-order valence-electron chi connectivity index (χ2n) is 6.60. The summed E-state index contributed by atoms with van der Waals surface area (Å²) >= 11 is 1.56. The highest BCUT2D eigenvalue weighted by atomic mass is 32.2. The minimum Gasteiger partial charge on any atom is -0.248 e. The van der Waals surface area contributed by atoms with E-state index in [0.29, 0.717) is 11.3 Å². The molecule has 0 bridgehead atoms. The lowest BCUT2D eigenvalue weighted by Crippen LogP contribution is -2.05. The van der Waals surface area contributed by atoms with Gasteiger partial charge in [0.05, 0.1) is 17.0 Å². The molecule has 1 nitrogen and oxygen atoms in total. The first kappa shape index (κ1) is 20.9. The molecule has 0 saturated heterocycles. The van der Waals surface area contributed by atoms with E-state index in [2.05, 4.69) is 30.1 Å². The molecule has 3 aromatic rings. The third-order valence-electron chi connectivity index (χ3n) is 4.27. The lowest BCUT2D eigenvalue weighted by atomic mass is 10.1. The van der Waals surface area contributed by atoms with Gasteiger partial charge in [0.2, 0.25) is 0 Å². The maximum absolute atomic E-state index is 12.9. The normalized spacial score (nSPS) is 12.5. The summed E-state index contributed by atoms with van der Waals surface area (Å²) < 4.78 is 38.6. The lowest BCUT2D eigenvalue weighted by molar-refractivity contribution is -0.137. The molecule has 148 valence electrons. The Hall–Kier alpha value is -2.79. The van der Waals surface area contributed by atoms with Gasteiger partial charge in [0.15, 0.2) is 0 Å². The fraction of sp³-hybridized carbons (Fsp3) is 0.125. The second-order valence-corrected chi connectivity index (χ2v) is 7.54. The number of alkyl halides is 3. The van der Waals surface area contributed by atoms with E-state index in [1.807, 2.05) is 48.7 Å². The number of aliphatic imine (C=N–C) groups is 1. The summed E-state index contributed by atoms with van der Waals surface area (Å²) in [6, 6.07) is 20.7. The van der Waals surface area contributed by atoms with Gasteiger partial charge < -0.3 is 0 Å². The van der Waals surface area contributed by atoms with Gasteiger partial charge in [-0.25, -0.2) is 4.99 Å². The molecular formula is C24H20F3NS. The number of para-hydroxylation sites is 1. The summed E-state index contributed by atoms with van der Waals surface area (Å²) in [5.41, 5.74) is 3.67. The van der Waals surface area contributed by atoms with Crippen LogP contribution in [0.15, 0.2) is 94.2 Å². The van der Waals surface area contributed by atoms with Crippen LogP contribution in [0.5, 0.6) is 0 Å². The van der Waals surface area contributed by atoms with Crippen LogP contribution in [0.25, 0.3) is 0 Å². The number of aryl methyl sites for hydroxylation is 2. The minimum absolute atomic E-state index is 0.599. The zero-order chi connectivity index (χ0) is 20.9. The van der Waals surface area contributed by atoms with Crippen LogP contribution in [0, 0.1) is 13.8 Å². The Morgan fingerprint density at radius 2 is 1.59 bits per heavy atom. The van der Waals surface area contributed by atoms with Crippen molar-refractivity contribution in [2.45, 2.75) is 24.9 Å². The molecule has 0 aliphatic heterocycles. The van der Waals surface area contributed by atoms with Crippen LogP contribution >= 0.6 is 11.8 Å². The van der Waals surface area contributed by atoms with Crippen molar-refractivity contribution in [1.82, 2.24) is 0 Å². The molecule has 0 spiro atoms. The SMILES string of the molecule is Cc1ccc(SC=CC(=Nc2ccccc2)c2ccc(C(F)(F)F)cc2)c(C)c1. The quantitative estimate of drug-likeness (QED) is 0.309. The molecular weight excluding hydrogens is 391 g/mol. The molecule has 0 unspecified atom stereocenters. The molecule has 0 heterocycles. The van der Waals surface area contributed by atoms with Gasteiger partial charge in [-0.3, -0.25) is 0 Å². The first-order chi connectivity index (χ1) is 13.8. The van der Waals surface area contributed by atoms with E-state index in [9.17, 15) is 13.2 Å². The summed E-state index contributed by atoms with van der Waals surface area (Å²) in [7, 11) is 0. The van der Waals surface area contributed by atoms with Gasteiger partial charge >= 0.3 is 6.18 Å². The first-order valence-electron chi connectivity index (χ1n) is 9.05. The standard InChI is InChI=1S/C24H20F3NS/c1-17-8-13-23(18(2)16-17)29-15-14-22(28-21-6-4-3-5-7-21)19-9-11-20(12-10-19)24(25,26)27/h3-16H,1-2H3. The maximum Gasteiger partial charge on any atom is 0.416 e. The van der Waals surface area contributed by atoms with Gasteiger partial charge in [-0.1, -0.05) is 59.8 Å². The largest absolute Gasteiger partial charge is 0.416 e. The van der Waals surface area contributed by atoms with Crippen molar-refractivity contribution in [3.63, 3.8) is 0 Å². The third-order valence-corrected chi connectivity index (χ3v) is 5.25. The van der Waals surface area contributed by atoms with Crippen LogP contribution < -0.4 is 0 Å². The van der Waals surface area contributed by atoms with E-state index in [4.69, 9.17) is 0 Å². The first-order valence-corrected chi connectivity index (χ1v) is 9.93. The topological polar surface area (TPSA) is 12.4 Å². The Kier molecular flexibility index (Phi) is 6.60. The number of hydrogen-bond acceptors (Lipinski definition) is 2. The molecule has 0 aliphatic carbocycles. The van der Waals surface area contributed by atoms with Gasteiger partial charge in [-0.15, -0.1) is 0 Å². The number of nitrogens with zero attached hydrogens (tertiary/aromatic N) is 1. The van der Waals surface area contributed by atoms with Gasteiger partial charge in [0, 0.05) is 10.5 Å². The monoisotopic (exact) mass is 411 g/mol. The molecule has 0 radical (unpaired) electrons. The van der Waals surface area contributed by atoms with E-state index >= 15 is 0 Å². The number of hydrogen-bond donors (Lipinski definition) is 0. The number of allylic oxidation sites excluding steroid dienone is 1. The molecule has 29 heavy (non-hydrogen) atoms. The Morgan fingerprint density at radius 1 is 0.897 bits per heavy atom. The van der Waals surface area contributed by atoms with Crippen molar-refractivity contribution in [1.29, 1.82) is 0 Å². The van der Waals surface area contributed by atoms with Crippen LogP contribution in [0.4, 0.5) is 18.9 Å². The zero-order valence-electron chi connectivity index (χ0n) is 16.1. The highest BCUT2D eigenvalue weighted by Crippen LogP contribution is 2.30. The molecule has 5 heteroatoms. The van der Waals surface area contributed by atoms with Crippen molar-refractivity contribution in [3.8, 4) is 0 Å². The summed E-state index contributed by atoms with van der Waals surface area (Å²) in [6.45, 7) is 4.10. The average molecular weight is 411 g/mol. The predicted molar refractivity (Wildman–Crippen MR) is 115 cm³/mol. The number of thioether (sulfide) groups is 1. The average Bonchev–Trinajstić information content (AvgIpc) is 2.69. The van der Waals surface area contributed by atoms with Crippen LogP contribution in [-0.2, 0) is 6.18 Å². The molecule has 0 N–H and O–H groups in total. The van der Waals surface area contributed by atoms with Crippen LogP contribution in [0.3, 0.4) is 0 Å². The van der Waals surface area contributed by atoms with Crippen molar-refractivity contribution >= 4 is 23.2 Å². The van der Waals surface area contributed by atoms with Gasteiger partial charge in [0.1, 0.15) is 0 Å². The molecule has 0 atom stereocenters. The van der Waals surface area contributed by atoms with E-state index in [-0.39, 0.29) is 0 Å². The Morgan fingerprint density at radius 3 is 2.21 bits per heavy atom.